The lowest BCUT2D eigenvalue weighted by Gasteiger charge is -2.16. The van der Waals surface area contributed by atoms with Gasteiger partial charge in [-0.05, 0) is 13.3 Å². The second-order valence-corrected chi connectivity index (χ2v) is 6.69. The maximum absolute atomic E-state index is 12.5. The molecule has 1 aromatic rings. The van der Waals surface area contributed by atoms with E-state index in [4.69, 9.17) is 5.73 Å². The highest BCUT2D eigenvalue weighted by molar-refractivity contribution is 7.89. The van der Waals surface area contributed by atoms with Crippen LogP contribution in [0.25, 0.3) is 0 Å². The van der Waals surface area contributed by atoms with Crippen molar-refractivity contribution in [1.82, 2.24) is 19.4 Å². The molecular formula is C11H19N5O3S. The largest absolute Gasteiger partial charge is 0.381 e. The first-order chi connectivity index (χ1) is 9.34. The van der Waals surface area contributed by atoms with Crippen LogP contribution < -0.4 is 11.1 Å². The molecule has 0 bridgehead atoms. The number of nitrogens with two attached hydrogens (primary N) is 1. The third-order valence-electron chi connectivity index (χ3n) is 3.26. The molecule has 20 heavy (non-hydrogen) atoms. The highest BCUT2D eigenvalue weighted by Gasteiger charge is 2.35. The molecule has 1 unspecified atom stereocenters. The van der Waals surface area contributed by atoms with Crippen molar-refractivity contribution in [3.05, 3.63) is 6.20 Å². The summed E-state index contributed by atoms with van der Waals surface area (Å²) >= 11 is 0. The molecule has 2 heterocycles. The Morgan fingerprint density at radius 1 is 1.60 bits per heavy atom. The summed E-state index contributed by atoms with van der Waals surface area (Å²) in [4.78, 5) is 11.0. The zero-order valence-corrected chi connectivity index (χ0v) is 12.4. The van der Waals surface area contributed by atoms with Crippen molar-refractivity contribution in [2.24, 2.45) is 0 Å². The van der Waals surface area contributed by atoms with E-state index in [-0.39, 0.29) is 29.2 Å². The van der Waals surface area contributed by atoms with Gasteiger partial charge in [0.05, 0.1) is 0 Å². The van der Waals surface area contributed by atoms with Crippen LogP contribution >= 0.6 is 0 Å². The Bertz CT molecular complexity index is 610. The van der Waals surface area contributed by atoms with Crippen LogP contribution in [0, 0.1) is 0 Å². The smallest absolute Gasteiger partial charge is 0.248 e. The molecule has 1 amide bonds. The van der Waals surface area contributed by atoms with Gasteiger partial charge in [-0.1, -0.05) is 0 Å². The lowest BCUT2D eigenvalue weighted by molar-refractivity contribution is -0.119. The second kappa shape index (κ2) is 5.41. The molecule has 8 nitrogen and oxygen atoms in total. The van der Waals surface area contributed by atoms with Crippen molar-refractivity contribution < 1.29 is 13.2 Å². The Labute approximate surface area is 118 Å². The molecule has 0 spiro atoms. The van der Waals surface area contributed by atoms with Gasteiger partial charge in [-0.15, -0.1) is 0 Å². The lowest BCUT2D eigenvalue weighted by atomic mass is 10.3. The summed E-state index contributed by atoms with van der Waals surface area (Å²) in [5.74, 6) is -0.151. The van der Waals surface area contributed by atoms with E-state index in [0.717, 1.165) is 0 Å². The molecule has 3 N–H and O–H groups in total. The van der Waals surface area contributed by atoms with Crippen LogP contribution in [-0.2, 0) is 21.4 Å². The predicted octanol–water partition coefficient (Wildman–Crippen LogP) is -0.616. The van der Waals surface area contributed by atoms with Gasteiger partial charge in [0, 0.05) is 38.8 Å². The van der Waals surface area contributed by atoms with Gasteiger partial charge in [0.1, 0.15) is 4.90 Å². The maximum Gasteiger partial charge on any atom is 0.248 e. The van der Waals surface area contributed by atoms with Crippen LogP contribution in [0.4, 0.5) is 5.82 Å². The fourth-order valence-corrected chi connectivity index (χ4v) is 3.83. The first kappa shape index (κ1) is 14.8. The van der Waals surface area contributed by atoms with E-state index in [0.29, 0.717) is 19.5 Å². The average Bonchev–Trinajstić information content (AvgIpc) is 2.95. The summed E-state index contributed by atoms with van der Waals surface area (Å²) in [5, 5.41) is 6.68. The third kappa shape index (κ3) is 2.78. The first-order valence-corrected chi connectivity index (χ1v) is 7.88. The van der Waals surface area contributed by atoms with Crippen LogP contribution in [-0.4, -0.2) is 47.5 Å². The fraction of sp³-hybridized carbons (Fsp3) is 0.636. The third-order valence-corrected chi connectivity index (χ3v) is 5.14. The Hall–Kier alpha value is -1.61. The lowest BCUT2D eigenvalue weighted by Crippen LogP contribution is -2.37. The number of amides is 1. The van der Waals surface area contributed by atoms with Crippen molar-refractivity contribution in [1.29, 1.82) is 0 Å². The van der Waals surface area contributed by atoms with E-state index in [9.17, 15) is 13.2 Å². The molecule has 112 valence electrons. The molecule has 1 aliphatic rings. The van der Waals surface area contributed by atoms with Crippen molar-refractivity contribution in [2.45, 2.75) is 37.8 Å². The minimum Gasteiger partial charge on any atom is -0.381 e. The monoisotopic (exact) mass is 301 g/mol. The van der Waals surface area contributed by atoms with Gasteiger partial charge in [-0.3, -0.25) is 9.48 Å². The maximum atomic E-state index is 12.5. The molecule has 0 aromatic carbocycles. The molecule has 0 saturated carbocycles. The zero-order chi connectivity index (χ0) is 14.9. The summed E-state index contributed by atoms with van der Waals surface area (Å²) in [6.07, 6.45) is 2.04. The number of nitrogens with one attached hydrogen (secondary N) is 1. The number of rotatable bonds is 4. The number of carbonyl (C=O) groups is 1. The number of hydrogen-bond acceptors (Lipinski definition) is 5. The van der Waals surface area contributed by atoms with E-state index in [1.807, 2.05) is 6.92 Å². The van der Waals surface area contributed by atoms with Gasteiger partial charge < -0.3 is 11.1 Å². The molecule has 0 aliphatic carbocycles. The number of hydrogen-bond donors (Lipinski definition) is 2. The highest BCUT2D eigenvalue weighted by Crippen LogP contribution is 2.24. The van der Waals surface area contributed by atoms with E-state index in [1.165, 1.54) is 22.1 Å². The minimum atomic E-state index is -3.65. The van der Waals surface area contributed by atoms with E-state index < -0.39 is 10.0 Å². The van der Waals surface area contributed by atoms with Crippen LogP contribution in [0.3, 0.4) is 0 Å². The van der Waals surface area contributed by atoms with Gasteiger partial charge >= 0.3 is 0 Å². The molecule has 0 radical (unpaired) electrons. The number of aryl methyl sites for hydroxylation is 1. The number of sulfonamides is 1. The van der Waals surface area contributed by atoms with Gasteiger partial charge in [0.2, 0.25) is 15.9 Å². The topological polar surface area (TPSA) is 110 Å². The van der Waals surface area contributed by atoms with E-state index in [2.05, 4.69) is 10.4 Å². The number of carbonyl (C=O) groups excluding carboxylic acids is 1. The summed E-state index contributed by atoms with van der Waals surface area (Å²) in [6.45, 7) is 4.45. The molecular weight excluding hydrogens is 282 g/mol. The van der Waals surface area contributed by atoms with Crippen LogP contribution in [0.15, 0.2) is 11.1 Å². The summed E-state index contributed by atoms with van der Waals surface area (Å²) in [7, 11) is -3.65. The fourth-order valence-electron chi connectivity index (χ4n) is 2.27. The summed E-state index contributed by atoms with van der Waals surface area (Å²) in [5.41, 5.74) is 5.68. The first-order valence-electron chi connectivity index (χ1n) is 6.44. The van der Waals surface area contributed by atoms with E-state index in [1.54, 1.807) is 0 Å². The van der Waals surface area contributed by atoms with Crippen molar-refractivity contribution in [3.63, 3.8) is 0 Å². The summed E-state index contributed by atoms with van der Waals surface area (Å²) in [6, 6.07) is -0.148. The van der Waals surface area contributed by atoms with Crippen molar-refractivity contribution in [2.75, 3.05) is 18.8 Å². The number of nitrogens with zero attached hydrogens (tertiary/aromatic N) is 3. The summed E-state index contributed by atoms with van der Waals surface area (Å²) < 4.78 is 27.8. The van der Waals surface area contributed by atoms with Gasteiger partial charge in [-0.2, -0.15) is 9.40 Å². The normalized spacial score (nSPS) is 20.2. The standard InChI is InChI=1S/C11H19N5O3S/c1-3-15-7-10(11(12)14-15)20(18,19)16-5-4-9(6-16)13-8(2)17/h7,9H,3-6H2,1-2H3,(H2,12,14)(H,13,17). The van der Waals surface area contributed by atoms with Gasteiger partial charge in [0.15, 0.2) is 5.82 Å². The second-order valence-electron chi connectivity index (χ2n) is 4.78. The molecule has 1 saturated heterocycles. The number of nitrogen functional groups attached to an aromatic ring is 1. The average molecular weight is 301 g/mol. The number of anilines is 1. The molecule has 1 atom stereocenters. The molecule has 1 fully saturated rings. The molecule has 9 heteroatoms. The Balaban J connectivity index is 2.19. The molecule has 1 aromatic heterocycles. The number of aromatic nitrogens is 2. The van der Waals surface area contributed by atoms with Crippen LogP contribution in [0.5, 0.6) is 0 Å². The van der Waals surface area contributed by atoms with Crippen molar-refractivity contribution >= 4 is 21.7 Å². The van der Waals surface area contributed by atoms with Gasteiger partial charge in [-0.25, -0.2) is 8.42 Å². The van der Waals surface area contributed by atoms with Crippen LogP contribution in [0.1, 0.15) is 20.3 Å². The van der Waals surface area contributed by atoms with Gasteiger partial charge in [0.25, 0.3) is 0 Å². The Morgan fingerprint density at radius 3 is 2.85 bits per heavy atom. The zero-order valence-electron chi connectivity index (χ0n) is 11.5. The predicted molar refractivity (Wildman–Crippen MR) is 73.3 cm³/mol. The van der Waals surface area contributed by atoms with Crippen LogP contribution in [0.2, 0.25) is 0 Å². The quantitative estimate of drug-likeness (QED) is 0.770. The molecule has 2 rings (SSSR count). The Kier molecular flexibility index (Phi) is 4.00. The van der Waals surface area contributed by atoms with E-state index >= 15 is 0 Å². The highest BCUT2D eigenvalue weighted by atomic mass is 32.2. The Morgan fingerprint density at radius 2 is 2.30 bits per heavy atom. The molecule has 1 aliphatic heterocycles. The van der Waals surface area contributed by atoms with Crippen molar-refractivity contribution in [3.8, 4) is 0 Å². The minimum absolute atomic E-state index is 0.00910. The SMILES string of the molecule is CCn1cc(S(=O)(=O)N2CCC(NC(C)=O)C2)c(N)n1.